The van der Waals surface area contributed by atoms with E-state index in [0.717, 1.165) is 0 Å². The minimum absolute atomic E-state index is 0. The van der Waals surface area contributed by atoms with Crippen LogP contribution in [0, 0.1) is 52.4 Å². The van der Waals surface area contributed by atoms with Crippen molar-refractivity contribution in [3.05, 3.63) is 271 Å². The van der Waals surface area contributed by atoms with Gasteiger partial charge in [-0.25, -0.2) is 39.5 Å². The molecule has 9 aromatic carbocycles. The fourth-order valence-electron chi connectivity index (χ4n) is 6.88. The molecule has 0 fully saturated rings. The van der Waals surface area contributed by atoms with Gasteiger partial charge in [0.1, 0.15) is 52.4 Å². The fraction of sp³-hybridized carbons (Fsp3) is 0. The Morgan fingerprint density at radius 3 is 0.371 bits per heavy atom. The topological polar surface area (TPSA) is 0 Å². The van der Waals surface area contributed by atoms with Gasteiger partial charge in [-0.3, -0.25) is 0 Å². The van der Waals surface area contributed by atoms with Crippen molar-refractivity contribution < 1.29 is 96.2 Å². The zero-order valence-electron chi connectivity index (χ0n) is 36.0. The molecule has 0 aliphatic carbocycles. The van der Waals surface area contributed by atoms with E-state index in [-0.39, 0.29) is 109 Å². The van der Waals surface area contributed by atoms with Crippen LogP contribution in [0.5, 0.6) is 0 Å². The third-order valence-electron chi connectivity index (χ3n) is 9.60. The summed E-state index contributed by atoms with van der Waals surface area (Å²) >= 11 is 0. The maximum Gasteiger partial charge on any atom is 3.00 e. The van der Waals surface area contributed by atoms with Crippen LogP contribution < -0.4 is 85.0 Å². The Labute approximate surface area is 435 Å². The molecule has 0 aliphatic rings. The van der Waals surface area contributed by atoms with Crippen LogP contribution in [0.2, 0.25) is 0 Å². The minimum Gasteiger partial charge on any atom is -1.00 e. The normalized spacial score (nSPS) is 10.3. The molecule has 0 amide bonds. The van der Waals surface area contributed by atoms with Gasteiger partial charge in [-0.15, -0.1) is 0 Å². The Morgan fingerprint density at radius 1 is 0.186 bits per heavy atom. The molecule has 0 bridgehead atoms. The molecule has 0 atom stereocenters. The molecule has 0 radical (unpaired) electrons. The molecule has 9 rings (SSSR count). The van der Waals surface area contributed by atoms with Crippen LogP contribution in [0.15, 0.2) is 218 Å². The van der Waals surface area contributed by atoms with Gasteiger partial charge in [0.15, 0.2) is 0 Å². The number of rotatable bonds is 9. The van der Waals surface area contributed by atoms with E-state index < -0.39 is 23.8 Å². The number of hydrogen-bond donors (Lipinski definition) is 0. The van der Waals surface area contributed by atoms with Gasteiger partial charge in [-0.2, -0.15) is 0 Å². The number of hydrogen-bond acceptors (Lipinski definition) is 0. The van der Waals surface area contributed by atoms with E-state index in [1.807, 2.05) is 0 Å². The standard InChI is InChI=1S/3C18H12F3P.3ClH.Rh/c3*19-13-4-1-7-16(10-13)22(17-8-2-5-14(20)11-17)18-9-3-6-15(21)12-18;;;;/h3*1-12H;3*1H;/q;;;;;;+3/p-3. The van der Waals surface area contributed by atoms with E-state index in [2.05, 4.69) is 0 Å². The summed E-state index contributed by atoms with van der Waals surface area (Å²) < 4.78 is 122. The molecule has 0 nitrogen and oxygen atoms in total. The van der Waals surface area contributed by atoms with Gasteiger partial charge in [0.2, 0.25) is 0 Å². The van der Waals surface area contributed by atoms with Crippen molar-refractivity contribution in [3.8, 4) is 0 Å². The Bertz CT molecular complexity index is 2430. The van der Waals surface area contributed by atoms with E-state index in [1.165, 1.54) is 109 Å². The molecule has 0 aromatic heterocycles. The van der Waals surface area contributed by atoms with Gasteiger partial charge in [-0.1, -0.05) is 109 Å². The molecule has 0 unspecified atom stereocenters. The van der Waals surface area contributed by atoms with Gasteiger partial charge >= 0.3 is 19.5 Å². The second-order valence-corrected chi connectivity index (χ2v) is 21.0. The van der Waals surface area contributed by atoms with E-state index in [1.54, 1.807) is 109 Å². The van der Waals surface area contributed by atoms with Gasteiger partial charge in [0.25, 0.3) is 0 Å². The van der Waals surface area contributed by atoms with Crippen molar-refractivity contribution in [1.82, 2.24) is 0 Å². The summed E-state index contributed by atoms with van der Waals surface area (Å²) in [5.41, 5.74) is 0. The molecular weight excluding hydrogens is 1120 g/mol. The maximum absolute atomic E-state index is 13.6. The van der Waals surface area contributed by atoms with Crippen LogP contribution >= 0.6 is 23.8 Å². The van der Waals surface area contributed by atoms with E-state index in [4.69, 9.17) is 0 Å². The molecule has 9 aromatic rings. The molecule has 0 saturated carbocycles. The van der Waals surface area contributed by atoms with Crippen LogP contribution in [-0.4, -0.2) is 0 Å². The Hall–Kier alpha value is -4.87. The van der Waals surface area contributed by atoms with Gasteiger partial charge < -0.3 is 37.2 Å². The van der Waals surface area contributed by atoms with Gasteiger partial charge in [-0.05, 0) is 181 Å². The van der Waals surface area contributed by atoms with Crippen molar-refractivity contribution in [1.29, 1.82) is 0 Å². The quantitative estimate of drug-likeness (QED) is 0.119. The molecule has 16 heteroatoms. The second kappa shape index (κ2) is 28.8. The second-order valence-electron chi connectivity index (χ2n) is 14.3. The first-order valence-corrected chi connectivity index (χ1v) is 24.1. The minimum atomic E-state index is -1.21. The van der Waals surface area contributed by atoms with Crippen molar-refractivity contribution in [2.75, 3.05) is 0 Å². The predicted octanol–water partition coefficient (Wildman–Crippen LogP) is 2.60. The molecule has 0 N–H and O–H groups in total. The summed E-state index contributed by atoms with van der Waals surface area (Å²) in [6.45, 7) is 0. The SMILES string of the molecule is Fc1cccc(P(c2cccc(F)c2)c2cccc(F)c2)c1.Fc1cccc(P(c2cccc(F)c2)c2cccc(F)c2)c1.Fc1cccc(P(c2cccc(F)c2)c2cccc(F)c2)c1.[Cl-].[Cl-].[Cl-].[Rh+3]. The summed E-state index contributed by atoms with van der Waals surface area (Å²) in [5.74, 6) is -3.27. The number of halogens is 12. The monoisotopic (exact) mass is 1160 g/mol. The average Bonchev–Trinajstić information content (AvgIpc) is 3.28. The molecule has 0 saturated heterocycles. The Balaban J connectivity index is 0.000000270. The third kappa shape index (κ3) is 16.6. The Kier molecular flexibility index (Phi) is 24.5. The molecule has 0 spiro atoms. The van der Waals surface area contributed by atoms with Gasteiger partial charge in [0, 0.05) is 0 Å². The molecule has 360 valence electrons. The zero-order valence-corrected chi connectivity index (χ0v) is 42.6. The van der Waals surface area contributed by atoms with Crippen LogP contribution in [-0.2, 0) is 19.5 Å². The summed E-state index contributed by atoms with van der Waals surface area (Å²) in [4.78, 5) is 0. The zero-order chi connectivity index (χ0) is 46.6. The van der Waals surface area contributed by atoms with E-state index in [9.17, 15) is 39.5 Å². The van der Waals surface area contributed by atoms with Crippen LogP contribution in [0.1, 0.15) is 0 Å². The summed E-state index contributed by atoms with van der Waals surface area (Å²) in [6, 6.07) is 55.5. The van der Waals surface area contributed by atoms with Crippen molar-refractivity contribution in [2.45, 2.75) is 0 Å². The average molecular weight is 1160 g/mol. The van der Waals surface area contributed by atoms with Crippen LogP contribution in [0.3, 0.4) is 0 Å². The molecule has 0 aliphatic heterocycles. The molecule has 0 heterocycles. The molecular formula is C54H36Cl3F9P3Rh. The first kappa shape index (κ1) is 59.4. The molecule has 70 heavy (non-hydrogen) atoms. The Morgan fingerprint density at radius 2 is 0.286 bits per heavy atom. The summed E-state index contributed by atoms with van der Waals surface area (Å²) in [6.07, 6.45) is 0. The summed E-state index contributed by atoms with van der Waals surface area (Å²) in [7, 11) is -3.64. The van der Waals surface area contributed by atoms with Crippen LogP contribution in [0.4, 0.5) is 39.5 Å². The van der Waals surface area contributed by atoms with E-state index in [0.29, 0.717) is 47.7 Å². The number of benzene rings is 9. The van der Waals surface area contributed by atoms with Gasteiger partial charge in [0.05, 0.1) is 0 Å². The predicted molar refractivity (Wildman–Crippen MR) is 255 cm³/mol. The third-order valence-corrected chi connectivity index (χ3v) is 16.7. The largest absolute Gasteiger partial charge is 3.00 e. The first-order valence-electron chi connectivity index (χ1n) is 20.1. The first-order chi connectivity index (χ1) is 31.9. The maximum atomic E-state index is 13.6. The summed E-state index contributed by atoms with van der Waals surface area (Å²) in [5, 5.41) is 6.43. The van der Waals surface area contributed by atoms with Crippen molar-refractivity contribution >= 4 is 71.5 Å². The van der Waals surface area contributed by atoms with E-state index >= 15 is 0 Å². The smallest absolute Gasteiger partial charge is 1.00 e. The van der Waals surface area contributed by atoms with Crippen molar-refractivity contribution in [2.24, 2.45) is 0 Å². The fourth-order valence-corrected chi connectivity index (χ4v) is 13.9. The van der Waals surface area contributed by atoms with Crippen molar-refractivity contribution in [3.63, 3.8) is 0 Å². The van der Waals surface area contributed by atoms with Crippen LogP contribution in [0.25, 0.3) is 0 Å².